The lowest BCUT2D eigenvalue weighted by Gasteiger charge is -2.42. The Labute approximate surface area is 141 Å². The van der Waals surface area contributed by atoms with Crippen molar-refractivity contribution in [3.63, 3.8) is 0 Å². The standard InChI is InChI=1S/C16H33N3O2.ClH/c1-5-13(4)15(17)16(20)19-9-8-18(10-11-21-7-3)14(6-2)12-19;/h13-15H,5-12,17H2,1-4H3;1H. The summed E-state index contributed by atoms with van der Waals surface area (Å²) in [6, 6.07) is 0.0646. The summed E-state index contributed by atoms with van der Waals surface area (Å²) < 4.78 is 5.45. The van der Waals surface area contributed by atoms with Gasteiger partial charge in [-0.2, -0.15) is 0 Å². The summed E-state index contributed by atoms with van der Waals surface area (Å²) >= 11 is 0. The van der Waals surface area contributed by atoms with Gasteiger partial charge in [0.25, 0.3) is 0 Å². The minimum atomic E-state index is -0.359. The monoisotopic (exact) mass is 335 g/mol. The summed E-state index contributed by atoms with van der Waals surface area (Å²) in [6.07, 6.45) is 1.99. The summed E-state index contributed by atoms with van der Waals surface area (Å²) in [4.78, 5) is 16.9. The van der Waals surface area contributed by atoms with Crippen LogP contribution in [0.1, 0.15) is 40.5 Å². The van der Waals surface area contributed by atoms with Crippen LogP contribution in [-0.4, -0.2) is 67.2 Å². The Kier molecular flexibility index (Phi) is 11.0. The van der Waals surface area contributed by atoms with Gasteiger partial charge in [-0.1, -0.05) is 27.2 Å². The van der Waals surface area contributed by atoms with Gasteiger partial charge in [0.15, 0.2) is 0 Å². The Bertz CT molecular complexity index is 318. The Morgan fingerprint density at radius 2 is 2.00 bits per heavy atom. The molecule has 132 valence electrons. The maximum absolute atomic E-state index is 12.5. The molecule has 1 fully saturated rings. The van der Waals surface area contributed by atoms with Gasteiger partial charge in [-0.15, -0.1) is 12.4 Å². The van der Waals surface area contributed by atoms with Crippen molar-refractivity contribution in [3.05, 3.63) is 0 Å². The van der Waals surface area contributed by atoms with E-state index in [-0.39, 0.29) is 30.3 Å². The van der Waals surface area contributed by atoms with Crippen LogP contribution in [0.5, 0.6) is 0 Å². The number of nitrogens with zero attached hydrogens (tertiary/aromatic N) is 2. The fourth-order valence-electron chi connectivity index (χ4n) is 2.81. The first kappa shape index (κ1) is 21.6. The molecule has 0 spiro atoms. The second-order valence-corrected chi connectivity index (χ2v) is 5.99. The van der Waals surface area contributed by atoms with E-state index in [0.717, 1.165) is 52.2 Å². The molecule has 1 amide bonds. The third-order valence-electron chi connectivity index (χ3n) is 4.66. The maximum atomic E-state index is 12.5. The Hall–Kier alpha value is -0.360. The van der Waals surface area contributed by atoms with E-state index in [1.807, 2.05) is 11.8 Å². The molecule has 1 rings (SSSR count). The van der Waals surface area contributed by atoms with E-state index in [0.29, 0.717) is 6.04 Å². The number of carbonyl (C=O) groups is 1. The minimum absolute atomic E-state index is 0. The summed E-state index contributed by atoms with van der Waals surface area (Å²) in [5.41, 5.74) is 6.10. The van der Waals surface area contributed by atoms with Crippen LogP contribution in [0, 0.1) is 5.92 Å². The van der Waals surface area contributed by atoms with E-state index in [4.69, 9.17) is 10.5 Å². The molecule has 2 N–H and O–H groups in total. The first-order chi connectivity index (χ1) is 10.0. The molecule has 0 bridgehead atoms. The number of piperazine rings is 1. The van der Waals surface area contributed by atoms with Crippen LogP contribution >= 0.6 is 12.4 Å². The van der Waals surface area contributed by atoms with Crippen LogP contribution in [-0.2, 0) is 9.53 Å². The lowest BCUT2D eigenvalue weighted by Crippen LogP contribution is -2.58. The highest BCUT2D eigenvalue weighted by molar-refractivity contribution is 5.85. The highest BCUT2D eigenvalue weighted by Gasteiger charge is 2.31. The average molecular weight is 336 g/mol. The molecule has 1 heterocycles. The summed E-state index contributed by atoms with van der Waals surface area (Å²) in [5.74, 6) is 0.362. The van der Waals surface area contributed by atoms with Crippen molar-refractivity contribution in [2.24, 2.45) is 11.7 Å². The topological polar surface area (TPSA) is 58.8 Å². The number of ether oxygens (including phenoxy) is 1. The number of nitrogens with two attached hydrogens (primary N) is 1. The van der Waals surface area contributed by atoms with Gasteiger partial charge >= 0.3 is 0 Å². The number of rotatable bonds is 8. The van der Waals surface area contributed by atoms with Crippen molar-refractivity contribution in [2.75, 3.05) is 39.4 Å². The molecular formula is C16H34ClN3O2. The molecule has 0 aromatic rings. The fourth-order valence-corrected chi connectivity index (χ4v) is 2.81. The Balaban J connectivity index is 0.00000441. The van der Waals surface area contributed by atoms with Gasteiger partial charge < -0.3 is 15.4 Å². The first-order valence-corrected chi connectivity index (χ1v) is 8.41. The molecule has 1 aliphatic rings. The second-order valence-electron chi connectivity index (χ2n) is 5.99. The number of halogens is 1. The number of hydrogen-bond acceptors (Lipinski definition) is 4. The molecule has 3 atom stereocenters. The van der Waals surface area contributed by atoms with Crippen molar-refractivity contribution < 1.29 is 9.53 Å². The molecule has 0 aromatic carbocycles. The highest BCUT2D eigenvalue weighted by Crippen LogP contribution is 2.16. The molecule has 1 aliphatic heterocycles. The fraction of sp³-hybridized carbons (Fsp3) is 0.938. The minimum Gasteiger partial charge on any atom is -0.380 e. The van der Waals surface area contributed by atoms with Gasteiger partial charge in [0, 0.05) is 38.8 Å². The van der Waals surface area contributed by atoms with Crippen molar-refractivity contribution in [1.29, 1.82) is 0 Å². The molecule has 0 aliphatic carbocycles. The lowest BCUT2D eigenvalue weighted by atomic mass is 9.98. The zero-order valence-electron chi connectivity index (χ0n) is 14.6. The second kappa shape index (κ2) is 11.2. The third kappa shape index (κ3) is 6.03. The maximum Gasteiger partial charge on any atom is 0.239 e. The van der Waals surface area contributed by atoms with Gasteiger partial charge in [-0.3, -0.25) is 9.69 Å². The molecular weight excluding hydrogens is 302 g/mol. The van der Waals surface area contributed by atoms with E-state index in [9.17, 15) is 4.79 Å². The van der Waals surface area contributed by atoms with Gasteiger partial charge in [-0.05, 0) is 19.3 Å². The van der Waals surface area contributed by atoms with Crippen LogP contribution in [0.25, 0.3) is 0 Å². The van der Waals surface area contributed by atoms with E-state index in [1.165, 1.54) is 0 Å². The molecule has 1 saturated heterocycles. The largest absolute Gasteiger partial charge is 0.380 e. The Morgan fingerprint density at radius 3 is 2.55 bits per heavy atom. The highest BCUT2D eigenvalue weighted by atomic mass is 35.5. The van der Waals surface area contributed by atoms with Gasteiger partial charge in [0.2, 0.25) is 5.91 Å². The Morgan fingerprint density at radius 1 is 1.32 bits per heavy atom. The van der Waals surface area contributed by atoms with Crippen LogP contribution in [0.3, 0.4) is 0 Å². The summed E-state index contributed by atoms with van der Waals surface area (Å²) in [5, 5.41) is 0. The quantitative estimate of drug-likeness (QED) is 0.686. The average Bonchev–Trinajstić information content (AvgIpc) is 2.53. The number of carbonyl (C=O) groups excluding carboxylic acids is 1. The molecule has 22 heavy (non-hydrogen) atoms. The smallest absolute Gasteiger partial charge is 0.239 e. The lowest BCUT2D eigenvalue weighted by molar-refractivity contribution is -0.137. The zero-order valence-corrected chi connectivity index (χ0v) is 15.4. The molecule has 0 saturated carbocycles. The predicted molar refractivity (Wildman–Crippen MR) is 93.4 cm³/mol. The van der Waals surface area contributed by atoms with Crippen molar-refractivity contribution in [1.82, 2.24) is 9.80 Å². The van der Waals surface area contributed by atoms with Crippen LogP contribution in [0.4, 0.5) is 0 Å². The number of amides is 1. The van der Waals surface area contributed by atoms with E-state index < -0.39 is 0 Å². The van der Waals surface area contributed by atoms with Crippen molar-refractivity contribution in [3.8, 4) is 0 Å². The van der Waals surface area contributed by atoms with Crippen LogP contribution in [0.15, 0.2) is 0 Å². The third-order valence-corrected chi connectivity index (χ3v) is 4.66. The molecule has 0 radical (unpaired) electrons. The SMILES string of the molecule is CCOCCN1CCN(C(=O)C(N)C(C)CC)CC1CC.Cl. The normalized spacial score (nSPS) is 22.0. The summed E-state index contributed by atoms with van der Waals surface area (Å²) in [6.45, 7) is 13.3. The molecule has 3 unspecified atom stereocenters. The first-order valence-electron chi connectivity index (χ1n) is 8.41. The van der Waals surface area contributed by atoms with Gasteiger partial charge in [0.05, 0.1) is 12.6 Å². The number of hydrogen-bond donors (Lipinski definition) is 1. The van der Waals surface area contributed by atoms with Crippen LogP contribution in [0.2, 0.25) is 0 Å². The van der Waals surface area contributed by atoms with Gasteiger partial charge in [-0.25, -0.2) is 0 Å². The summed E-state index contributed by atoms with van der Waals surface area (Å²) in [7, 11) is 0. The van der Waals surface area contributed by atoms with Crippen LogP contribution < -0.4 is 5.73 Å². The zero-order chi connectivity index (χ0) is 15.8. The van der Waals surface area contributed by atoms with Crippen molar-refractivity contribution in [2.45, 2.75) is 52.6 Å². The molecule has 5 nitrogen and oxygen atoms in total. The van der Waals surface area contributed by atoms with E-state index in [2.05, 4.69) is 25.7 Å². The van der Waals surface area contributed by atoms with E-state index in [1.54, 1.807) is 0 Å². The van der Waals surface area contributed by atoms with Gasteiger partial charge in [0.1, 0.15) is 0 Å². The molecule has 6 heteroatoms. The molecule has 0 aromatic heterocycles. The van der Waals surface area contributed by atoms with E-state index >= 15 is 0 Å². The van der Waals surface area contributed by atoms with Crippen molar-refractivity contribution >= 4 is 18.3 Å². The predicted octanol–water partition coefficient (Wildman–Crippen LogP) is 1.74.